The van der Waals surface area contributed by atoms with Gasteiger partial charge in [-0.25, -0.2) is 0 Å². The lowest BCUT2D eigenvalue weighted by Gasteiger charge is -2.15. The highest BCUT2D eigenvalue weighted by atomic mass is 127. The molecule has 0 aromatic heterocycles. The van der Waals surface area contributed by atoms with Crippen molar-refractivity contribution >= 4 is 29.9 Å². The number of ether oxygens (including phenoxy) is 3. The predicted molar refractivity (Wildman–Crippen MR) is 127 cm³/mol. The molecule has 156 valence electrons. The maximum absolute atomic E-state index is 5.75. The highest BCUT2D eigenvalue weighted by Crippen LogP contribution is 2.30. The fourth-order valence-electron chi connectivity index (χ4n) is 2.84. The third-order valence-corrected chi connectivity index (χ3v) is 4.27. The molecule has 2 N–H and O–H groups in total. The number of hydrogen-bond donors (Lipinski definition) is 2. The standard InChI is InChI=1S/C22H27N3O3.HI/c1-3-11-26-19-8-5-4-7-18(19)16-25-22(23-2)24-15-17-9-10-20-21(14-17)28-13-6-12-27-20;/h3-5,7-10,14H,1,6,11-13,15-16H2,2H3,(H2,23,24,25);1H. The summed E-state index contributed by atoms with van der Waals surface area (Å²) in [6.45, 7) is 6.78. The van der Waals surface area contributed by atoms with Crippen LogP contribution in [0.2, 0.25) is 0 Å². The molecule has 0 saturated heterocycles. The molecule has 29 heavy (non-hydrogen) atoms. The summed E-state index contributed by atoms with van der Waals surface area (Å²) in [5.74, 6) is 3.16. The monoisotopic (exact) mass is 509 g/mol. The molecule has 0 aliphatic carbocycles. The Bertz CT molecular complexity index is 827. The summed E-state index contributed by atoms with van der Waals surface area (Å²) in [5.41, 5.74) is 2.16. The molecule has 1 aliphatic heterocycles. The Morgan fingerprint density at radius 2 is 1.86 bits per heavy atom. The van der Waals surface area contributed by atoms with Gasteiger partial charge >= 0.3 is 0 Å². The average molecular weight is 509 g/mol. The van der Waals surface area contributed by atoms with Crippen molar-refractivity contribution in [3.8, 4) is 17.2 Å². The first-order valence-corrected chi connectivity index (χ1v) is 9.45. The largest absolute Gasteiger partial charge is 0.490 e. The number of nitrogens with zero attached hydrogens (tertiary/aromatic N) is 1. The van der Waals surface area contributed by atoms with Crippen molar-refractivity contribution in [3.63, 3.8) is 0 Å². The van der Waals surface area contributed by atoms with Gasteiger partial charge in [0.2, 0.25) is 0 Å². The molecule has 2 aromatic rings. The Kier molecular flexibility index (Phi) is 9.63. The van der Waals surface area contributed by atoms with Gasteiger partial charge in [0, 0.05) is 32.1 Å². The van der Waals surface area contributed by atoms with Crippen LogP contribution in [0.1, 0.15) is 17.5 Å². The van der Waals surface area contributed by atoms with Gasteiger partial charge in [0.25, 0.3) is 0 Å². The normalized spacial score (nSPS) is 12.9. The van der Waals surface area contributed by atoms with Gasteiger partial charge in [-0.05, 0) is 23.8 Å². The lowest BCUT2D eigenvalue weighted by Crippen LogP contribution is -2.36. The Balaban J connectivity index is 0.00000300. The van der Waals surface area contributed by atoms with Gasteiger partial charge in [-0.1, -0.05) is 36.9 Å². The van der Waals surface area contributed by atoms with Gasteiger partial charge in [0.05, 0.1) is 13.2 Å². The number of nitrogens with one attached hydrogen (secondary N) is 2. The van der Waals surface area contributed by atoms with E-state index < -0.39 is 0 Å². The third kappa shape index (κ3) is 6.85. The molecule has 7 heteroatoms. The molecule has 6 nitrogen and oxygen atoms in total. The van der Waals surface area contributed by atoms with Gasteiger partial charge in [-0.3, -0.25) is 4.99 Å². The third-order valence-electron chi connectivity index (χ3n) is 4.27. The molecular weight excluding hydrogens is 481 g/mol. The number of guanidine groups is 1. The lowest BCUT2D eigenvalue weighted by molar-refractivity contribution is 0.297. The zero-order valence-corrected chi connectivity index (χ0v) is 19.0. The van der Waals surface area contributed by atoms with E-state index in [9.17, 15) is 0 Å². The highest BCUT2D eigenvalue weighted by Gasteiger charge is 2.11. The van der Waals surface area contributed by atoms with Crippen molar-refractivity contribution in [2.24, 2.45) is 4.99 Å². The molecule has 0 amide bonds. The number of para-hydroxylation sites is 1. The summed E-state index contributed by atoms with van der Waals surface area (Å²) in [6.07, 6.45) is 2.64. The van der Waals surface area contributed by atoms with Crippen LogP contribution in [0.15, 0.2) is 60.1 Å². The van der Waals surface area contributed by atoms with E-state index >= 15 is 0 Å². The Morgan fingerprint density at radius 3 is 2.66 bits per heavy atom. The van der Waals surface area contributed by atoms with Crippen LogP contribution in [0.25, 0.3) is 0 Å². The number of hydrogen-bond acceptors (Lipinski definition) is 4. The smallest absolute Gasteiger partial charge is 0.191 e. The second-order valence-corrected chi connectivity index (χ2v) is 6.32. The van der Waals surface area contributed by atoms with E-state index in [1.807, 2.05) is 42.5 Å². The molecule has 1 heterocycles. The van der Waals surface area contributed by atoms with Gasteiger partial charge in [-0.15, -0.1) is 24.0 Å². The molecule has 0 fully saturated rings. The van der Waals surface area contributed by atoms with Crippen LogP contribution >= 0.6 is 24.0 Å². The Labute approximate surface area is 189 Å². The summed E-state index contributed by atoms with van der Waals surface area (Å²) in [4.78, 5) is 4.29. The molecule has 0 spiro atoms. The van der Waals surface area contributed by atoms with Crippen LogP contribution in [0.3, 0.4) is 0 Å². The van der Waals surface area contributed by atoms with Gasteiger partial charge < -0.3 is 24.8 Å². The number of rotatable bonds is 7. The fourth-order valence-corrected chi connectivity index (χ4v) is 2.84. The summed E-state index contributed by atoms with van der Waals surface area (Å²) < 4.78 is 17.1. The zero-order valence-electron chi connectivity index (χ0n) is 16.6. The zero-order chi connectivity index (χ0) is 19.6. The van der Waals surface area contributed by atoms with Crippen molar-refractivity contribution < 1.29 is 14.2 Å². The van der Waals surface area contributed by atoms with E-state index in [0.717, 1.165) is 34.8 Å². The SMILES string of the molecule is C=CCOc1ccccc1CNC(=NC)NCc1ccc2c(c1)OCCCO2.I. The van der Waals surface area contributed by atoms with E-state index in [1.54, 1.807) is 13.1 Å². The first-order valence-electron chi connectivity index (χ1n) is 9.45. The molecule has 0 saturated carbocycles. The van der Waals surface area contributed by atoms with Crippen LogP contribution in [0.5, 0.6) is 17.2 Å². The fraction of sp³-hybridized carbons (Fsp3) is 0.318. The minimum atomic E-state index is 0. The molecule has 3 rings (SSSR count). The lowest BCUT2D eigenvalue weighted by atomic mass is 10.2. The summed E-state index contributed by atoms with van der Waals surface area (Å²) >= 11 is 0. The molecule has 0 unspecified atom stereocenters. The second kappa shape index (κ2) is 12.2. The number of benzene rings is 2. The maximum atomic E-state index is 5.75. The van der Waals surface area contributed by atoms with Crippen molar-refractivity contribution in [2.45, 2.75) is 19.5 Å². The topological polar surface area (TPSA) is 64.1 Å². The van der Waals surface area contributed by atoms with E-state index in [4.69, 9.17) is 14.2 Å². The minimum absolute atomic E-state index is 0. The number of halogens is 1. The van der Waals surface area contributed by atoms with Crippen LogP contribution in [-0.2, 0) is 13.1 Å². The number of aliphatic imine (C=N–C) groups is 1. The maximum Gasteiger partial charge on any atom is 0.191 e. The molecular formula is C22H28IN3O3. The summed E-state index contributed by atoms with van der Waals surface area (Å²) in [6, 6.07) is 13.9. The summed E-state index contributed by atoms with van der Waals surface area (Å²) in [5, 5.41) is 6.65. The molecule has 0 atom stereocenters. The highest BCUT2D eigenvalue weighted by molar-refractivity contribution is 14.0. The van der Waals surface area contributed by atoms with Crippen LogP contribution < -0.4 is 24.8 Å². The van der Waals surface area contributed by atoms with Crippen LogP contribution in [-0.4, -0.2) is 32.8 Å². The van der Waals surface area contributed by atoms with Gasteiger partial charge in [0.1, 0.15) is 12.4 Å². The van der Waals surface area contributed by atoms with Crippen LogP contribution in [0.4, 0.5) is 0 Å². The van der Waals surface area contributed by atoms with E-state index in [-0.39, 0.29) is 24.0 Å². The predicted octanol–water partition coefficient (Wildman–Crippen LogP) is 3.90. The van der Waals surface area contributed by atoms with Gasteiger partial charge in [-0.2, -0.15) is 0 Å². The van der Waals surface area contributed by atoms with Crippen molar-refractivity contribution in [3.05, 3.63) is 66.2 Å². The van der Waals surface area contributed by atoms with E-state index in [2.05, 4.69) is 22.2 Å². The first kappa shape index (κ1) is 22.9. The summed E-state index contributed by atoms with van der Waals surface area (Å²) in [7, 11) is 1.75. The quantitative estimate of drug-likeness (QED) is 0.257. The molecule has 1 aliphatic rings. The van der Waals surface area contributed by atoms with Crippen molar-refractivity contribution in [2.75, 3.05) is 26.9 Å². The number of fused-ring (bicyclic) bond motifs is 1. The first-order chi connectivity index (χ1) is 13.8. The molecule has 0 radical (unpaired) electrons. The second-order valence-electron chi connectivity index (χ2n) is 6.32. The van der Waals surface area contributed by atoms with Crippen molar-refractivity contribution in [1.29, 1.82) is 0 Å². The van der Waals surface area contributed by atoms with Crippen LogP contribution in [0, 0.1) is 0 Å². The Hall–Kier alpha value is -2.42. The minimum Gasteiger partial charge on any atom is -0.490 e. The Morgan fingerprint density at radius 1 is 1.10 bits per heavy atom. The van der Waals surface area contributed by atoms with E-state index in [1.165, 1.54) is 0 Å². The molecule has 2 aromatic carbocycles. The van der Waals surface area contributed by atoms with Crippen molar-refractivity contribution in [1.82, 2.24) is 10.6 Å². The molecule has 0 bridgehead atoms. The van der Waals surface area contributed by atoms with Gasteiger partial charge in [0.15, 0.2) is 17.5 Å². The van der Waals surface area contributed by atoms with E-state index in [0.29, 0.717) is 38.9 Å². The average Bonchev–Trinajstić information content (AvgIpc) is 2.98.